The zero-order valence-corrected chi connectivity index (χ0v) is 8.95. The van der Waals surface area contributed by atoms with Gasteiger partial charge in [0.05, 0.1) is 5.44 Å². The van der Waals surface area contributed by atoms with Crippen LogP contribution in [0.4, 0.5) is 0 Å². The maximum atomic E-state index is 10.0. The van der Waals surface area contributed by atoms with Crippen LogP contribution in [0.1, 0.15) is 6.42 Å². The van der Waals surface area contributed by atoms with Crippen LogP contribution in [0.3, 0.4) is 0 Å². The Morgan fingerprint density at radius 1 is 1.45 bits per heavy atom. The molecule has 62 valence electrons. The molecule has 0 bridgehead atoms. The molecule has 0 aliphatic carbocycles. The Kier molecular flexibility index (Phi) is 8.30. The van der Waals surface area contributed by atoms with E-state index in [-0.39, 0.29) is 42.6 Å². The molecule has 0 spiro atoms. The molecule has 0 aliphatic rings. The van der Waals surface area contributed by atoms with Gasteiger partial charge < -0.3 is 10.2 Å². The van der Waals surface area contributed by atoms with E-state index in [1.807, 2.05) is 0 Å². The standard InChI is InChI=1S/C4H9O5S.Na/c5-3-1-2-4(6)10(7,8)9;/h2,4-6H,1,3H2,(H,7,8,9);/q-1;+1. The minimum atomic E-state index is -4.39. The molecule has 0 fully saturated rings. The van der Waals surface area contributed by atoms with Gasteiger partial charge in [0.1, 0.15) is 0 Å². The SMILES string of the molecule is O=S(=O)(O)C(O)[CH-]CCO.[Na+]. The first-order chi connectivity index (χ1) is 4.48. The van der Waals surface area contributed by atoms with Crippen LogP contribution in [-0.2, 0) is 10.1 Å². The fraction of sp³-hybridized carbons (Fsp3) is 0.750. The van der Waals surface area contributed by atoms with Crippen LogP contribution in [-0.4, -0.2) is 35.2 Å². The summed E-state index contributed by atoms with van der Waals surface area (Å²) in [4.78, 5) is 0. The molecule has 0 aromatic heterocycles. The van der Waals surface area contributed by atoms with Gasteiger partial charge in [-0.25, -0.2) is 0 Å². The fourth-order valence-corrected chi connectivity index (χ4v) is 0.718. The Labute approximate surface area is 87.5 Å². The molecular formula is C4H9NaO5S. The predicted octanol–water partition coefficient (Wildman–Crippen LogP) is -4.22. The Bertz CT molecular complexity index is 177. The van der Waals surface area contributed by atoms with Crippen molar-refractivity contribution in [2.24, 2.45) is 0 Å². The van der Waals surface area contributed by atoms with Gasteiger partial charge in [-0.3, -0.25) is 11.0 Å². The second-order valence-corrected chi connectivity index (χ2v) is 3.17. The maximum absolute atomic E-state index is 10.0. The molecule has 0 aromatic carbocycles. The second kappa shape index (κ2) is 6.36. The molecule has 0 amide bonds. The first kappa shape index (κ1) is 14.4. The van der Waals surface area contributed by atoms with Gasteiger partial charge in [0.15, 0.2) is 0 Å². The maximum Gasteiger partial charge on any atom is 1.00 e. The average molecular weight is 192 g/mol. The largest absolute Gasteiger partial charge is 1.00 e. The summed E-state index contributed by atoms with van der Waals surface area (Å²) < 4.78 is 28.2. The third-order valence-corrected chi connectivity index (χ3v) is 1.61. The zero-order valence-electron chi connectivity index (χ0n) is 6.14. The van der Waals surface area contributed by atoms with Crippen LogP contribution in [0.5, 0.6) is 0 Å². The minimum Gasteiger partial charge on any atom is -0.407 e. The van der Waals surface area contributed by atoms with Gasteiger partial charge >= 0.3 is 29.6 Å². The van der Waals surface area contributed by atoms with E-state index in [9.17, 15) is 8.42 Å². The third kappa shape index (κ3) is 7.20. The first-order valence-electron chi connectivity index (χ1n) is 2.57. The van der Waals surface area contributed by atoms with E-state index in [0.717, 1.165) is 6.42 Å². The topological polar surface area (TPSA) is 94.8 Å². The van der Waals surface area contributed by atoms with Crippen LogP contribution in [0.2, 0.25) is 0 Å². The molecule has 0 heterocycles. The molecule has 0 radical (unpaired) electrons. The number of aliphatic hydroxyl groups excluding tert-OH is 2. The molecule has 0 aromatic rings. The summed E-state index contributed by atoms with van der Waals surface area (Å²) >= 11 is 0. The van der Waals surface area contributed by atoms with Crippen LogP contribution in [0, 0.1) is 6.42 Å². The van der Waals surface area contributed by atoms with E-state index < -0.39 is 15.6 Å². The van der Waals surface area contributed by atoms with E-state index in [2.05, 4.69) is 0 Å². The Morgan fingerprint density at radius 3 is 2.18 bits per heavy atom. The number of hydrogen-bond acceptors (Lipinski definition) is 4. The number of aliphatic hydroxyl groups is 2. The molecule has 0 saturated carbocycles. The van der Waals surface area contributed by atoms with Gasteiger partial charge in [-0.05, 0) is 0 Å². The Balaban J connectivity index is 0. The van der Waals surface area contributed by atoms with Crippen molar-refractivity contribution >= 4 is 10.1 Å². The van der Waals surface area contributed by atoms with Crippen molar-refractivity contribution in [1.29, 1.82) is 0 Å². The van der Waals surface area contributed by atoms with Crippen LogP contribution in [0.25, 0.3) is 0 Å². The van der Waals surface area contributed by atoms with E-state index in [4.69, 9.17) is 14.8 Å². The molecular weight excluding hydrogens is 183 g/mol. The van der Waals surface area contributed by atoms with E-state index in [0.29, 0.717) is 0 Å². The summed E-state index contributed by atoms with van der Waals surface area (Å²) in [5.74, 6) is 0. The molecule has 3 N–H and O–H groups in total. The normalized spacial score (nSPS) is 13.7. The van der Waals surface area contributed by atoms with Gasteiger partial charge in [-0.15, -0.1) is 0 Å². The van der Waals surface area contributed by atoms with Crippen LogP contribution in [0.15, 0.2) is 0 Å². The molecule has 11 heavy (non-hydrogen) atoms. The molecule has 7 heteroatoms. The monoisotopic (exact) mass is 192 g/mol. The minimum absolute atomic E-state index is 0. The van der Waals surface area contributed by atoms with Gasteiger partial charge in [0, 0.05) is 6.61 Å². The predicted molar refractivity (Wildman–Crippen MR) is 33.6 cm³/mol. The van der Waals surface area contributed by atoms with Crippen molar-refractivity contribution < 1.29 is 52.7 Å². The van der Waals surface area contributed by atoms with Crippen molar-refractivity contribution in [2.75, 3.05) is 6.61 Å². The summed E-state index contributed by atoms with van der Waals surface area (Å²) in [5, 5.41) is 16.7. The summed E-state index contributed by atoms with van der Waals surface area (Å²) in [5.41, 5.74) is -1.89. The van der Waals surface area contributed by atoms with E-state index in [1.54, 1.807) is 0 Å². The van der Waals surface area contributed by atoms with Crippen molar-refractivity contribution in [1.82, 2.24) is 0 Å². The Hall–Kier alpha value is 0.830. The summed E-state index contributed by atoms with van der Waals surface area (Å²) in [6.45, 7) is -0.257. The second-order valence-electron chi connectivity index (χ2n) is 1.65. The molecule has 1 atom stereocenters. The summed E-state index contributed by atoms with van der Waals surface area (Å²) in [6, 6.07) is 0. The molecule has 0 rings (SSSR count). The van der Waals surface area contributed by atoms with E-state index >= 15 is 0 Å². The molecule has 5 nitrogen and oxygen atoms in total. The smallest absolute Gasteiger partial charge is 0.407 e. The molecule has 1 unspecified atom stereocenters. The zero-order chi connectivity index (χ0) is 8.20. The van der Waals surface area contributed by atoms with Gasteiger partial charge in [0.25, 0.3) is 10.1 Å². The van der Waals surface area contributed by atoms with Crippen molar-refractivity contribution in [3.05, 3.63) is 6.42 Å². The van der Waals surface area contributed by atoms with Crippen molar-refractivity contribution in [3.8, 4) is 0 Å². The number of rotatable bonds is 4. The van der Waals surface area contributed by atoms with Gasteiger partial charge in [-0.2, -0.15) is 14.8 Å². The fourth-order valence-electron chi connectivity index (χ4n) is 0.339. The number of hydrogen-bond donors (Lipinski definition) is 3. The molecule has 0 saturated heterocycles. The van der Waals surface area contributed by atoms with Crippen molar-refractivity contribution in [2.45, 2.75) is 11.9 Å². The van der Waals surface area contributed by atoms with Crippen LogP contribution < -0.4 is 29.6 Å². The third-order valence-electron chi connectivity index (χ3n) is 0.803. The van der Waals surface area contributed by atoms with Gasteiger partial charge in [0.2, 0.25) is 0 Å². The molecule has 0 aliphatic heterocycles. The summed E-state index contributed by atoms with van der Waals surface area (Å²) in [7, 11) is -4.39. The van der Waals surface area contributed by atoms with Crippen LogP contribution >= 0.6 is 0 Å². The summed E-state index contributed by atoms with van der Waals surface area (Å²) in [6.07, 6.45) is 0.927. The quantitative estimate of drug-likeness (QED) is 0.238. The first-order valence-corrected chi connectivity index (χ1v) is 4.07. The van der Waals surface area contributed by atoms with E-state index in [1.165, 1.54) is 0 Å². The van der Waals surface area contributed by atoms with Gasteiger partial charge in [-0.1, -0.05) is 0 Å². The average Bonchev–Trinajstić information content (AvgIpc) is 1.80. The Morgan fingerprint density at radius 2 is 1.91 bits per heavy atom. The van der Waals surface area contributed by atoms with Crippen molar-refractivity contribution in [3.63, 3.8) is 0 Å².